The molecule has 0 amide bonds. The van der Waals surface area contributed by atoms with Crippen molar-refractivity contribution in [2.24, 2.45) is 0 Å². The van der Waals surface area contributed by atoms with Crippen molar-refractivity contribution in [2.45, 2.75) is 20.0 Å². The molecule has 0 aliphatic heterocycles. The number of esters is 2. The molecule has 102 valence electrons. The molecule has 19 heavy (non-hydrogen) atoms. The molecule has 0 bridgehead atoms. The van der Waals surface area contributed by atoms with Gasteiger partial charge < -0.3 is 14.2 Å². The predicted molar refractivity (Wildman–Crippen MR) is 69.0 cm³/mol. The second-order valence-corrected chi connectivity index (χ2v) is 3.92. The van der Waals surface area contributed by atoms with Crippen molar-refractivity contribution < 1.29 is 23.8 Å². The van der Waals surface area contributed by atoms with E-state index in [2.05, 4.69) is 6.58 Å². The Bertz CT molecular complexity index is 475. The van der Waals surface area contributed by atoms with E-state index in [1.807, 2.05) is 0 Å². The van der Waals surface area contributed by atoms with E-state index in [1.54, 1.807) is 31.4 Å². The zero-order valence-corrected chi connectivity index (χ0v) is 11.1. The molecule has 0 saturated heterocycles. The van der Waals surface area contributed by atoms with Crippen LogP contribution in [0.2, 0.25) is 0 Å². The van der Waals surface area contributed by atoms with Gasteiger partial charge in [0.15, 0.2) is 6.10 Å². The minimum atomic E-state index is -0.994. The molecule has 0 aromatic heterocycles. The Labute approximate surface area is 111 Å². The lowest BCUT2D eigenvalue weighted by molar-refractivity contribution is -0.158. The van der Waals surface area contributed by atoms with Crippen LogP contribution < -0.4 is 9.47 Å². The molecule has 0 saturated carbocycles. The first-order valence-electron chi connectivity index (χ1n) is 5.66. The highest BCUT2D eigenvalue weighted by Gasteiger charge is 2.20. The third kappa shape index (κ3) is 4.46. The summed E-state index contributed by atoms with van der Waals surface area (Å²) in [6, 6.07) is 6.49. The summed E-state index contributed by atoms with van der Waals surface area (Å²) in [5.41, 5.74) is 0.226. The third-order valence-electron chi connectivity index (χ3n) is 2.24. The maximum Gasteiger partial charge on any atom is 0.352 e. The summed E-state index contributed by atoms with van der Waals surface area (Å²) in [7, 11) is 1.54. The summed E-state index contributed by atoms with van der Waals surface area (Å²) in [5, 5.41) is 0. The maximum absolute atomic E-state index is 11.7. The molecule has 0 radical (unpaired) electrons. The fraction of sp³-hybridized carbons (Fsp3) is 0.286. The van der Waals surface area contributed by atoms with E-state index < -0.39 is 18.0 Å². The SMILES string of the molecule is C=C(C)C(=O)OC(C)C(=O)Oc1ccc(OC)cc1. The normalized spacial score (nSPS) is 11.3. The molecule has 5 nitrogen and oxygen atoms in total. The predicted octanol–water partition coefficient (Wildman–Crippen LogP) is 2.11. The van der Waals surface area contributed by atoms with Crippen molar-refractivity contribution >= 4 is 11.9 Å². The summed E-state index contributed by atoms with van der Waals surface area (Å²) in [5.74, 6) is -0.274. The van der Waals surface area contributed by atoms with E-state index >= 15 is 0 Å². The summed E-state index contributed by atoms with van der Waals surface area (Å²) in [6.45, 7) is 6.37. The largest absolute Gasteiger partial charge is 0.497 e. The number of hydrogen-bond donors (Lipinski definition) is 0. The highest BCUT2D eigenvalue weighted by atomic mass is 16.6. The highest BCUT2D eigenvalue weighted by molar-refractivity contribution is 5.89. The Morgan fingerprint density at radius 2 is 1.68 bits per heavy atom. The highest BCUT2D eigenvalue weighted by Crippen LogP contribution is 2.17. The van der Waals surface area contributed by atoms with Crippen LogP contribution in [0, 0.1) is 0 Å². The topological polar surface area (TPSA) is 61.8 Å². The van der Waals surface area contributed by atoms with E-state index in [1.165, 1.54) is 13.8 Å². The Morgan fingerprint density at radius 1 is 1.16 bits per heavy atom. The molecule has 0 aliphatic rings. The molecule has 1 atom stereocenters. The Hall–Kier alpha value is -2.30. The number of methoxy groups -OCH3 is 1. The number of carbonyl (C=O) groups excluding carboxylic acids is 2. The third-order valence-corrected chi connectivity index (χ3v) is 2.24. The van der Waals surface area contributed by atoms with E-state index in [4.69, 9.17) is 14.2 Å². The van der Waals surface area contributed by atoms with Crippen LogP contribution in [0.3, 0.4) is 0 Å². The minimum absolute atomic E-state index is 0.226. The summed E-state index contributed by atoms with van der Waals surface area (Å²) in [6.07, 6.45) is -0.994. The van der Waals surface area contributed by atoms with Gasteiger partial charge in [-0.25, -0.2) is 9.59 Å². The monoisotopic (exact) mass is 264 g/mol. The number of rotatable bonds is 5. The van der Waals surface area contributed by atoms with Gasteiger partial charge >= 0.3 is 11.9 Å². The maximum atomic E-state index is 11.7. The zero-order valence-electron chi connectivity index (χ0n) is 11.1. The average molecular weight is 264 g/mol. The van der Waals surface area contributed by atoms with E-state index in [0.717, 1.165) is 0 Å². The Kier molecular flexibility index (Phi) is 5.11. The second kappa shape index (κ2) is 6.58. The Morgan fingerprint density at radius 3 is 2.16 bits per heavy atom. The molecule has 0 heterocycles. The molecule has 1 aromatic carbocycles. The number of benzene rings is 1. The lowest BCUT2D eigenvalue weighted by Gasteiger charge is -2.12. The summed E-state index contributed by atoms with van der Waals surface area (Å²) >= 11 is 0. The first-order chi connectivity index (χ1) is 8.93. The number of hydrogen-bond acceptors (Lipinski definition) is 5. The van der Waals surface area contributed by atoms with Crippen LogP contribution in [0.4, 0.5) is 0 Å². The van der Waals surface area contributed by atoms with Gasteiger partial charge in [0.1, 0.15) is 11.5 Å². The van der Waals surface area contributed by atoms with Crippen molar-refractivity contribution in [3.8, 4) is 11.5 Å². The van der Waals surface area contributed by atoms with Crippen LogP contribution in [0.15, 0.2) is 36.4 Å². The van der Waals surface area contributed by atoms with Gasteiger partial charge in [-0.1, -0.05) is 6.58 Å². The van der Waals surface area contributed by atoms with Crippen LogP contribution in [0.5, 0.6) is 11.5 Å². The fourth-order valence-electron chi connectivity index (χ4n) is 1.15. The van der Waals surface area contributed by atoms with Gasteiger partial charge in [-0.15, -0.1) is 0 Å². The van der Waals surface area contributed by atoms with Crippen LogP contribution >= 0.6 is 0 Å². The van der Waals surface area contributed by atoms with Crippen LogP contribution in [0.1, 0.15) is 13.8 Å². The average Bonchev–Trinajstić information content (AvgIpc) is 2.39. The first kappa shape index (κ1) is 14.8. The second-order valence-electron chi connectivity index (χ2n) is 3.92. The lowest BCUT2D eigenvalue weighted by atomic mass is 10.3. The molecule has 1 rings (SSSR count). The van der Waals surface area contributed by atoms with Gasteiger partial charge in [0, 0.05) is 5.57 Å². The van der Waals surface area contributed by atoms with Crippen molar-refractivity contribution in [1.29, 1.82) is 0 Å². The number of ether oxygens (including phenoxy) is 3. The van der Waals surface area contributed by atoms with Gasteiger partial charge in [0.25, 0.3) is 0 Å². The quantitative estimate of drug-likeness (QED) is 0.463. The first-order valence-corrected chi connectivity index (χ1v) is 5.66. The van der Waals surface area contributed by atoms with Crippen molar-refractivity contribution in [3.05, 3.63) is 36.4 Å². The van der Waals surface area contributed by atoms with E-state index in [-0.39, 0.29) is 5.57 Å². The smallest absolute Gasteiger partial charge is 0.352 e. The summed E-state index contributed by atoms with van der Waals surface area (Å²) in [4.78, 5) is 22.9. The standard InChI is InChI=1S/C14H16O5/c1-9(2)13(15)18-10(3)14(16)19-12-7-5-11(17-4)6-8-12/h5-8,10H,1H2,2-4H3. The lowest BCUT2D eigenvalue weighted by Crippen LogP contribution is -2.28. The molecule has 0 aliphatic carbocycles. The van der Waals surface area contributed by atoms with Gasteiger partial charge in [-0.3, -0.25) is 0 Å². The van der Waals surface area contributed by atoms with E-state index in [9.17, 15) is 9.59 Å². The summed E-state index contributed by atoms with van der Waals surface area (Å²) < 4.78 is 14.9. The fourth-order valence-corrected chi connectivity index (χ4v) is 1.15. The van der Waals surface area contributed by atoms with Gasteiger partial charge in [0.2, 0.25) is 0 Å². The minimum Gasteiger partial charge on any atom is -0.497 e. The molecule has 0 spiro atoms. The molecular weight excluding hydrogens is 248 g/mol. The van der Waals surface area contributed by atoms with Crippen molar-refractivity contribution in [1.82, 2.24) is 0 Å². The van der Waals surface area contributed by atoms with E-state index in [0.29, 0.717) is 11.5 Å². The molecule has 0 fully saturated rings. The Balaban J connectivity index is 2.58. The molecule has 5 heteroatoms. The van der Waals surface area contributed by atoms with Gasteiger partial charge in [0.05, 0.1) is 7.11 Å². The van der Waals surface area contributed by atoms with Crippen LogP contribution in [0.25, 0.3) is 0 Å². The van der Waals surface area contributed by atoms with Crippen LogP contribution in [-0.4, -0.2) is 25.2 Å². The molecular formula is C14H16O5. The number of carbonyl (C=O) groups is 2. The molecule has 1 unspecified atom stereocenters. The zero-order chi connectivity index (χ0) is 14.4. The van der Waals surface area contributed by atoms with Gasteiger partial charge in [-0.05, 0) is 38.1 Å². The van der Waals surface area contributed by atoms with Gasteiger partial charge in [-0.2, -0.15) is 0 Å². The van der Waals surface area contributed by atoms with Crippen molar-refractivity contribution in [3.63, 3.8) is 0 Å². The molecule has 0 N–H and O–H groups in total. The van der Waals surface area contributed by atoms with Crippen molar-refractivity contribution in [2.75, 3.05) is 7.11 Å². The van der Waals surface area contributed by atoms with Crippen LogP contribution in [-0.2, 0) is 14.3 Å². The molecule has 1 aromatic rings.